The zero-order chi connectivity index (χ0) is 8.27. The van der Waals surface area contributed by atoms with Gasteiger partial charge in [0.15, 0.2) is 2.82 Å². The molecule has 0 saturated carbocycles. The van der Waals surface area contributed by atoms with Crippen molar-refractivity contribution < 1.29 is 2.82 Å². The summed E-state index contributed by atoms with van der Waals surface area (Å²) >= 11 is 0. The molecule has 9 heavy (non-hydrogen) atoms. The Morgan fingerprint density at radius 1 is 1.44 bits per heavy atom. The van der Waals surface area contributed by atoms with Crippen molar-refractivity contribution in [2.45, 2.75) is 0 Å². The molecule has 44 valence electrons. The van der Waals surface area contributed by atoms with Gasteiger partial charge in [-0.1, -0.05) is 0 Å². The summed E-state index contributed by atoms with van der Waals surface area (Å²) < 4.78 is 13.7. The Kier molecular flexibility index (Phi) is 0.855. The smallest absolute Gasteiger partial charge is 0.156 e. The van der Waals surface area contributed by atoms with Gasteiger partial charge in [0.1, 0.15) is 0 Å². The molecule has 0 fully saturated rings. The SMILES string of the molecule is [2H]N([2H])c1ccc(C#N)cc1. The average molecular weight is 120 g/mol. The van der Waals surface area contributed by atoms with Crippen LogP contribution in [0.5, 0.6) is 0 Å². The van der Waals surface area contributed by atoms with E-state index in [4.69, 9.17) is 8.09 Å². The van der Waals surface area contributed by atoms with Crippen molar-refractivity contribution in [3.8, 4) is 6.07 Å². The van der Waals surface area contributed by atoms with Crippen LogP contribution in [-0.4, -0.2) is 0 Å². The minimum Gasteiger partial charge on any atom is -0.399 e. The number of nitrogens with two attached hydrogens (primary N) is 1. The molecule has 2 heteroatoms. The standard InChI is InChI=1S/C7H6N2/c8-5-6-1-3-7(9)4-2-6/h1-4H,9H2/i/hD2. The van der Waals surface area contributed by atoms with Crippen molar-refractivity contribution >= 4 is 5.69 Å². The van der Waals surface area contributed by atoms with E-state index >= 15 is 0 Å². The summed E-state index contributed by atoms with van der Waals surface area (Å²) in [6, 6.07) is 8.21. The summed E-state index contributed by atoms with van der Waals surface area (Å²) in [5.41, 5.74) is 1.49. The second kappa shape index (κ2) is 2.19. The molecule has 0 aromatic heterocycles. The summed E-state index contributed by atoms with van der Waals surface area (Å²) in [4.78, 5) is 0. The maximum Gasteiger partial charge on any atom is 0.156 e. The fourth-order valence-corrected chi connectivity index (χ4v) is 0.536. The summed E-state index contributed by atoms with van der Waals surface area (Å²) in [5.74, 6) is 0. The van der Waals surface area contributed by atoms with Crippen LogP contribution >= 0.6 is 0 Å². The largest absolute Gasteiger partial charge is 0.399 e. The highest BCUT2D eigenvalue weighted by molar-refractivity contribution is 5.42. The summed E-state index contributed by atoms with van der Waals surface area (Å²) in [5, 5.41) is 8.41. The van der Waals surface area contributed by atoms with Crippen LogP contribution in [0.2, 0.25) is 2.82 Å². The highest BCUT2D eigenvalue weighted by Crippen LogP contribution is 2.02. The molecule has 0 aliphatic rings. The molecular weight excluding hydrogens is 112 g/mol. The number of rotatable bonds is 1. The molecule has 0 bridgehead atoms. The second-order valence-corrected chi connectivity index (χ2v) is 1.66. The Labute approximate surface area is 56.5 Å². The molecule has 2 nitrogen and oxygen atoms in total. The van der Waals surface area contributed by atoms with Gasteiger partial charge in [0, 0.05) is 5.69 Å². The summed E-state index contributed by atoms with van der Waals surface area (Å²) in [7, 11) is 0. The molecule has 1 aromatic rings. The Bertz CT molecular complexity index is 273. The zero-order valence-corrected chi connectivity index (χ0v) is 4.70. The van der Waals surface area contributed by atoms with Gasteiger partial charge in [-0.2, -0.15) is 5.26 Å². The quantitative estimate of drug-likeness (QED) is 0.565. The molecule has 0 aliphatic heterocycles. The molecule has 0 amide bonds. The van der Waals surface area contributed by atoms with E-state index in [9.17, 15) is 0 Å². The van der Waals surface area contributed by atoms with Gasteiger partial charge in [0.05, 0.1) is 11.6 Å². The van der Waals surface area contributed by atoms with Crippen molar-refractivity contribution in [2.24, 2.45) is 0 Å². The number of hydrogen-bond donors (Lipinski definition) is 1. The van der Waals surface area contributed by atoms with Crippen molar-refractivity contribution in [1.82, 2.24) is 0 Å². The molecule has 0 aliphatic carbocycles. The lowest BCUT2D eigenvalue weighted by Crippen LogP contribution is -1.82. The van der Waals surface area contributed by atoms with E-state index in [1.165, 1.54) is 0 Å². The van der Waals surface area contributed by atoms with Crippen molar-refractivity contribution in [2.75, 3.05) is 5.72 Å². The van der Waals surface area contributed by atoms with Gasteiger partial charge >= 0.3 is 0 Å². The number of anilines is 1. The maximum atomic E-state index is 8.41. The molecule has 1 aromatic carbocycles. The van der Waals surface area contributed by atoms with Gasteiger partial charge in [0.25, 0.3) is 0 Å². The fraction of sp³-hybridized carbons (Fsp3) is 0. The Balaban J connectivity index is 2.94. The van der Waals surface area contributed by atoms with E-state index in [1.807, 2.05) is 6.07 Å². The van der Waals surface area contributed by atoms with Crippen molar-refractivity contribution in [3.05, 3.63) is 29.8 Å². The number of nitriles is 1. The Hall–Kier alpha value is -1.49. The van der Waals surface area contributed by atoms with Crippen LogP contribution in [0.15, 0.2) is 24.3 Å². The minimum atomic E-state index is 0.448. The van der Waals surface area contributed by atoms with E-state index < -0.39 is 0 Å². The van der Waals surface area contributed by atoms with Crippen LogP contribution in [-0.2, 0) is 0 Å². The summed E-state index contributed by atoms with van der Waals surface area (Å²) in [6.45, 7) is 0. The average Bonchev–Trinajstić information content (AvgIpc) is 2.05. The third kappa shape index (κ3) is 1.20. The van der Waals surface area contributed by atoms with Gasteiger partial charge < -0.3 is 5.72 Å². The highest BCUT2D eigenvalue weighted by atomic mass is 14.5. The van der Waals surface area contributed by atoms with Crippen LogP contribution in [0.3, 0.4) is 0 Å². The first-order chi connectivity index (χ1) is 5.24. The Morgan fingerprint density at radius 3 is 2.56 bits per heavy atom. The monoisotopic (exact) mass is 120 g/mol. The molecule has 0 saturated heterocycles. The van der Waals surface area contributed by atoms with E-state index in [-0.39, 0.29) is 0 Å². The van der Waals surface area contributed by atoms with E-state index in [1.54, 1.807) is 24.3 Å². The molecule has 1 rings (SSSR count). The molecule has 2 N–H and O–H groups in total. The van der Waals surface area contributed by atoms with Gasteiger partial charge in [-0.15, -0.1) is 0 Å². The van der Waals surface area contributed by atoms with Gasteiger partial charge in [-0.25, -0.2) is 0 Å². The van der Waals surface area contributed by atoms with E-state index in [2.05, 4.69) is 0 Å². The molecule has 0 atom stereocenters. The first-order valence-electron chi connectivity index (χ1n) is 3.41. The Morgan fingerprint density at radius 2 is 2.11 bits per heavy atom. The third-order valence-electron chi connectivity index (χ3n) is 0.996. The second-order valence-electron chi connectivity index (χ2n) is 1.66. The number of nitrogens with zero attached hydrogens (tertiary/aromatic N) is 1. The van der Waals surface area contributed by atoms with Gasteiger partial charge in [0.2, 0.25) is 0 Å². The molecule has 0 unspecified atom stereocenters. The molecule has 0 heterocycles. The summed E-state index contributed by atoms with van der Waals surface area (Å²) in [6.07, 6.45) is 0. The van der Waals surface area contributed by atoms with Crippen LogP contribution in [0.25, 0.3) is 0 Å². The van der Waals surface area contributed by atoms with Crippen LogP contribution in [0.1, 0.15) is 5.56 Å². The van der Waals surface area contributed by atoms with E-state index in [0.717, 1.165) is 0 Å². The van der Waals surface area contributed by atoms with Gasteiger partial charge in [-0.05, 0) is 24.3 Å². The lowest BCUT2D eigenvalue weighted by molar-refractivity contribution is 1.49. The lowest BCUT2D eigenvalue weighted by Gasteiger charge is -1.88. The number of benzene rings is 1. The number of nitrogen functional groups attached to an aromatic ring is 1. The topological polar surface area (TPSA) is 49.8 Å². The fourth-order valence-electron chi connectivity index (χ4n) is 0.536. The lowest BCUT2D eigenvalue weighted by atomic mass is 10.2. The number of hydrogen-bond acceptors (Lipinski definition) is 2. The predicted octanol–water partition coefficient (Wildman–Crippen LogP) is 1.14. The molecule has 0 spiro atoms. The third-order valence-corrected chi connectivity index (χ3v) is 0.996. The normalized spacial score (nSPS) is 11.0. The maximum absolute atomic E-state index is 8.41. The van der Waals surface area contributed by atoms with Crippen molar-refractivity contribution in [3.63, 3.8) is 0 Å². The van der Waals surface area contributed by atoms with E-state index in [0.29, 0.717) is 17.0 Å². The first-order valence-corrected chi connectivity index (χ1v) is 2.52. The van der Waals surface area contributed by atoms with Crippen LogP contribution < -0.4 is 5.72 Å². The molecule has 0 radical (unpaired) electrons. The molecular formula is C7H6N2. The van der Waals surface area contributed by atoms with Crippen molar-refractivity contribution in [1.29, 1.82) is 5.26 Å². The van der Waals surface area contributed by atoms with Gasteiger partial charge in [-0.3, -0.25) is 0 Å². The minimum absolute atomic E-state index is 0.448. The predicted molar refractivity (Wildman–Crippen MR) is 35.6 cm³/mol. The van der Waals surface area contributed by atoms with Crippen LogP contribution in [0, 0.1) is 11.3 Å². The first kappa shape index (κ1) is 3.52. The van der Waals surface area contributed by atoms with Crippen LogP contribution in [0.4, 0.5) is 5.69 Å². The zero-order valence-electron chi connectivity index (χ0n) is 6.70. The highest BCUT2D eigenvalue weighted by Gasteiger charge is 1.85.